The van der Waals surface area contributed by atoms with Crippen molar-refractivity contribution in [3.05, 3.63) is 0 Å². The number of hydrogen-bond acceptors (Lipinski definition) is 1. The van der Waals surface area contributed by atoms with Crippen LogP contribution in [-0.4, -0.2) is 18.3 Å². The Morgan fingerprint density at radius 1 is 1.57 bits per heavy atom. The molecule has 0 radical (unpaired) electrons. The maximum atomic E-state index is 11.4. The van der Waals surface area contributed by atoms with Gasteiger partial charge in [0.15, 0.2) is 0 Å². The average molecular weight is 218 g/mol. The number of halogens is 1. The molecule has 2 nitrogen and oxygen atoms in total. The Morgan fingerprint density at radius 2 is 2.29 bits per heavy atom. The largest absolute Gasteiger partial charge is 0.356 e. The third kappa shape index (κ3) is 4.32. The molecule has 0 aromatic carbocycles. The number of nitrogens with one attached hydrogen (secondary N) is 1. The van der Waals surface area contributed by atoms with E-state index in [1.54, 1.807) is 0 Å². The van der Waals surface area contributed by atoms with Crippen LogP contribution in [0.4, 0.5) is 0 Å². The van der Waals surface area contributed by atoms with Gasteiger partial charge in [-0.3, -0.25) is 4.79 Å². The summed E-state index contributed by atoms with van der Waals surface area (Å²) in [7, 11) is 0. The minimum atomic E-state index is 0.219. The van der Waals surface area contributed by atoms with E-state index in [1.165, 1.54) is 19.3 Å². The van der Waals surface area contributed by atoms with Crippen LogP contribution >= 0.6 is 11.6 Å². The number of hydrogen-bond donors (Lipinski definition) is 1. The van der Waals surface area contributed by atoms with Crippen LogP contribution in [0.15, 0.2) is 0 Å². The van der Waals surface area contributed by atoms with Crippen LogP contribution in [0.2, 0.25) is 0 Å². The molecule has 1 unspecified atom stereocenters. The van der Waals surface area contributed by atoms with E-state index in [-0.39, 0.29) is 5.91 Å². The molecule has 14 heavy (non-hydrogen) atoms. The van der Waals surface area contributed by atoms with Gasteiger partial charge >= 0.3 is 0 Å². The quantitative estimate of drug-likeness (QED) is 0.681. The van der Waals surface area contributed by atoms with Crippen LogP contribution < -0.4 is 5.32 Å². The van der Waals surface area contributed by atoms with Gasteiger partial charge in [-0.1, -0.05) is 13.3 Å². The van der Waals surface area contributed by atoms with E-state index in [1.807, 2.05) is 0 Å². The van der Waals surface area contributed by atoms with Crippen LogP contribution in [-0.2, 0) is 4.79 Å². The molecule has 0 spiro atoms. The van der Waals surface area contributed by atoms with Crippen LogP contribution in [0, 0.1) is 11.8 Å². The minimum Gasteiger partial charge on any atom is -0.356 e. The molecule has 0 aromatic rings. The smallest absolute Gasteiger partial charge is 0.220 e. The Labute approximate surface area is 91.4 Å². The predicted molar refractivity (Wildman–Crippen MR) is 59.5 cm³/mol. The van der Waals surface area contributed by atoms with Crippen molar-refractivity contribution in [2.45, 2.75) is 39.0 Å². The highest BCUT2D eigenvalue weighted by Crippen LogP contribution is 2.29. The van der Waals surface area contributed by atoms with E-state index >= 15 is 0 Å². The number of carbonyl (C=O) groups excluding carboxylic acids is 1. The lowest BCUT2D eigenvalue weighted by Crippen LogP contribution is -2.31. The molecule has 1 atom stereocenters. The van der Waals surface area contributed by atoms with Crippen molar-refractivity contribution in [1.82, 2.24) is 5.32 Å². The molecule has 82 valence electrons. The fraction of sp³-hybridized carbons (Fsp3) is 0.909. The first kappa shape index (κ1) is 11.8. The summed E-state index contributed by atoms with van der Waals surface area (Å²) < 4.78 is 0. The first-order valence-corrected chi connectivity index (χ1v) is 6.08. The fourth-order valence-electron chi connectivity index (χ4n) is 1.61. The van der Waals surface area contributed by atoms with E-state index in [2.05, 4.69) is 12.2 Å². The van der Waals surface area contributed by atoms with Gasteiger partial charge in [0.1, 0.15) is 0 Å². The summed E-state index contributed by atoms with van der Waals surface area (Å²) in [6.07, 6.45) is 5.49. The maximum absolute atomic E-state index is 11.4. The summed E-state index contributed by atoms with van der Waals surface area (Å²) in [6, 6.07) is 0. The molecule has 1 saturated carbocycles. The predicted octanol–water partition coefficient (Wildman–Crippen LogP) is 2.56. The molecule has 1 N–H and O–H groups in total. The number of alkyl halides is 1. The van der Waals surface area contributed by atoms with Gasteiger partial charge in [-0.05, 0) is 31.1 Å². The van der Waals surface area contributed by atoms with Gasteiger partial charge in [-0.2, -0.15) is 0 Å². The third-order valence-electron chi connectivity index (χ3n) is 2.95. The van der Waals surface area contributed by atoms with Gasteiger partial charge in [0.05, 0.1) is 0 Å². The molecular weight excluding hydrogens is 198 g/mol. The van der Waals surface area contributed by atoms with Gasteiger partial charge in [0, 0.05) is 18.8 Å². The zero-order chi connectivity index (χ0) is 10.4. The van der Waals surface area contributed by atoms with Crippen molar-refractivity contribution in [2.75, 3.05) is 12.4 Å². The Balaban J connectivity index is 2.01. The molecular formula is C11H20ClNO. The summed E-state index contributed by atoms with van der Waals surface area (Å²) in [5.74, 6) is 2.06. The SMILES string of the molecule is CC(CCCl)CNC(=O)CC1CCC1. The lowest BCUT2D eigenvalue weighted by molar-refractivity contribution is -0.122. The second-order valence-corrected chi connectivity index (χ2v) is 4.77. The van der Waals surface area contributed by atoms with Crippen molar-refractivity contribution in [3.8, 4) is 0 Å². The summed E-state index contributed by atoms with van der Waals surface area (Å²) in [6.45, 7) is 2.89. The van der Waals surface area contributed by atoms with Gasteiger partial charge in [0.2, 0.25) is 5.91 Å². The molecule has 0 saturated heterocycles. The summed E-state index contributed by atoms with van der Waals surface area (Å²) in [5, 5.41) is 2.97. The van der Waals surface area contributed by atoms with E-state index in [0.29, 0.717) is 17.7 Å². The topological polar surface area (TPSA) is 29.1 Å². The Bertz CT molecular complexity index is 180. The zero-order valence-electron chi connectivity index (χ0n) is 8.89. The molecule has 3 heteroatoms. The molecule has 0 heterocycles. The van der Waals surface area contributed by atoms with Crippen molar-refractivity contribution in [1.29, 1.82) is 0 Å². The van der Waals surface area contributed by atoms with Crippen LogP contribution in [0.5, 0.6) is 0 Å². The Hall–Kier alpha value is -0.240. The summed E-state index contributed by atoms with van der Waals surface area (Å²) in [4.78, 5) is 11.4. The van der Waals surface area contributed by atoms with Gasteiger partial charge in [-0.25, -0.2) is 0 Å². The third-order valence-corrected chi connectivity index (χ3v) is 3.17. The average Bonchev–Trinajstić information content (AvgIpc) is 2.09. The molecule has 0 aliphatic heterocycles. The molecule has 1 amide bonds. The summed E-state index contributed by atoms with van der Waals surface area (Å²) >= 11 is 5.61. The molecule has 1 aliphatic rings. The minimum absolute atomic E-state index is 0.219. The lowest BCUT2D eigenvalue weighted by Gasteiger charge is -2.24. The van der Waals surface area contributed by atoms with Gasteiger partial charge < -0.3 is 5.32 Å². The number of amides is 1. The second kappa shape index (κ2) is 6.28. The summed E-state index contributed by atoms with van der Waals surface area (Å²) in [5.41, 5.74) is 0. The van der Waals surface area contributed by atoms with Crippen molar-refractivity contribution in [3.63, 3.8) is 0 Å². The van der Waals surface area contributed by atoms with E-state index in [4.69, 9.17) is 11.6 Å². The Morgan fingerprint density at radius 3 is 2.79 bits per heavy atom. The first-order valence-electron chi connectivity index (χ1n) is 5.55. The van der Waals surface area contributed by atoms with E-state index in [9.17, 15) is 4.79 Å². The number of rotatable bonds is 6. The molecule has 1 rings (SSSR count). The normalized spacial score (nSPS) is 18.7. The first-order chi connectivity index (χ1) is 6.72. The highest BCUT2D eigenvalue weighted by atomic mass is 35.5. The molecule has 1 aliphatic carbocycles. The molecule has 1 fully saturated rings. The highest BCUT2D eigenvalue weighted by Gasteiger charge is 2.20. The van der Waals surface area contributed by atoms with Crippen LogP contribution in [0.3, 0.4) is 0 Å². The number of carbonyl (C=O) groups is 1. The van der Waals surface area contributed by atoms with Crippen molar-refractivity contribution >= 4 is 17.5 Å². The maximum Gasteiger partial charge on any atom is 0.220 e. The molecule has 0 aromatic heterocycles. The van der Waals surface area contributed by atoms with Crippen LogP contribution in [0.1, 0.15) is 39.0 Å². The van der Waals surface area contributed by atoms with E-state index < -0.39 is 0 Å². The Kier molecular flexibility index (Phi) is 5.31. The highest BCUT2D eigenvalue weighted by molar-refractivity contribution is 6.17. The second-order valence-electron chi connectivity index (χ2n) is 4.39. The van der Waals surface area contributed by atoms with Crippen molar-refractivity contribution in [2.24, 2.45) is 11.8 Å². The fourth-order valence-corrected chi connectivity index (χ4v) is 1.98. The monoisotopic (exact) mass is 217 g/mol. The van der Waals surface area contributed by atoms with Gasteiger partial charge in [-0.15, -0.1) is 11.6 Å². The van der Waals surface area contributed by atoms with Crippen LogP contribution in [0.25, 0.3) is 0 Å². The van der Waals surface area contributed by atoms with Crippen molar-refractivity contribution < 1.29 is 4.79 Å². The molecule has 0 bridgehead atoms. The van der Waals surface area contributed by atoms with Gasteiger partial charge in [0.25, 0.3) is 0 Å². The van der Waals surface area contributed by atoms with E-state index in [0.717, 1.165) is 19.4 Å². The lowest BCUT2D eigenvalue weighted by atomic mass is 9.83. The standard InChI is InChI=1S/C11H20ClNO/c1-9(5-6-12)8-13-11(14)7-10-3-2-4-10/h9-10H,2-8H2,1H3,(H,13,14). The zero-order valence-corrected chi connectivity index (χ0v) is 9.65.